The number of benzene rings is 1. The van der Waals surface area contributed by atoms with Crippen molar-refractivity contribution in [3.63, 3.8) is 0 Å². The molecule has 0 spiro atoms. The molecule has 2 unspecified atom stereocenters. The van der Waals surface area contributed by atoms with Crippen LogP contribution in [-0.2, 0) is 4.79 Å². The number of likely N-dealkylation sites (tertiary alicyclic amines) is 1. The first-order chi connectivity index (χ1) is 10.6. The molecule has 1 amide bonds. The quantitative estimate of drug-likeness (QED) is 0.846. The lowest BCUT2D eigenvalue weighted by molar-refractivity contribution is -0.123. The average Bonchev–Trinajstić information content (AvgIpc) is 2.50. The number of nitrogens with one attached hydrogen (secondary N) is 1. The van der Waals surface area contributed by atoms with Crippen LogP contribution in [0.2, 0.25) is 5.02 Å². The summed E-state index contributed by atoms with van der Waals surface area (Å²) >= 11 is 5.88. The summed E-state index contributed by atoms with van der Waals surface area (Å²) in [5, 5.41) is 12.9. The zero-order valence-corrected chi connectivity index (χ0v) is 13.9. The molecular weight excluding hydrogens is 300 g/mol. The summed E-state index contributed by atoms with van der Waals surface area (Å²) in [5.41, 5.74) is 1.04. The van der Waals surface area contributed by atoms with E-state index < -0.39 is 0 Å². The number of nitrogens with zero attached hydrogens (tertiary/aromatic N) is 1. The van der Waals surface area contributed by atoms with Gasteiger partial charge in [0.15, 0.2) is 0 Å². The molecule has 1 aliphatic heterocycles. The molecule has 1 aromatic carbocycles. The van der Waals surface area contributed by atoms with Crippen molar-refractivity contribution in [1.29, 1.82) is 0 Å². The van der Waals surface area contributed by atoms with E-state index in [1.807, 2.05) is 31.2 Å². The summed E-state index contributed by atoms with van der Waals surface area (Å²) in [6.07, 6.45) is 4.13. The van der Waals surface area contributed by atoms with E-state index in [1.165, 1.54) is 6.42 Å². The molecule has 1 saturated heterocycles. The molecule has 0 saturated carbocycles. The van der Waals surface area contributed by atoms with Gasteiger partial charge in [-0.25, -0.2) is 0 Å². The van der Waals surface area contributed by atoms with Gasteiger partial charge >= 0.3 is 0 Å². The van der Waals surface area contributed by atoms with Gasteiger partial charge in [-0.05, 0) is 50.4 Å². The maximum atomic E-state index is 12.3. The molecule has 2 rings (SSSR count). The van der Waals surface area contributed by atoms with Crippen LogP contribution in [0.1, 0.15) is 44.2 Å². The van der Waals surface area contributed by atoms with Gasteiger partial charge in [0.25, 0.3) is 0 Å². The minimum atomic E-state index is -0.0363. The molecule has 122 valence electrons. The number of aliphatic hydroxyl groups is 1. The van der Waals surface area contributed by atoms with Gasteiger partial charge in [-0.2, -0.15) is 0 Å². The fourth-order valence-electron chi connectivity index (χ4n) is 3.05. The molecule has 2 atom stereocenters. The van der Waals surface area contributed by atoms with Gasteiger partial charge in [-0.15, -0.1) is 0 Å². The summed E-state index contributed by atoms with van der Waals surface area (Å²) in [6, 6.07) is 7.83. The Labute approximate surface area is 137 Å². The third-order valence-electron chi connectivity index (χ3n) is 4.31. The van der Waals surface area contributed by atoms with E-state index >= 15 is 0 Å². The highest BCUT2D eigenvalue weighted by Crippen LogP contribution is 2.20. The Hall–Kier alpha value is -1.10. The lowest BCUT2D eigenvalue weighted by atomic mass is 9.99. The minimum absolute atomic E-state index is 0.0345. The molecule has 0 aromatic heterocycles. The number of hydrogen-bond acceptors (Lipinski definition) is 3. The van der Waals surface area contributed by atoms with Crippen LogP contribution in [0, 0.1) is 0 Å². The fourth-order valence-corrected chi connectivity index (χ4v) is 3.18. The van der Waals surface area contributed by atoms with E-state index in [-0.39, 0.29) is 18.6 Å². The Balaban J connectivity index is 1.87. The van der Waals surface area contributed by atoms with E-state index in [1.54, 1.807) is 0 Å². The van der Waals surface area contributed by atoms with Crippen LogP contribution in [0.5, 0.6) is 0 Å². The van der Waals surface area contributed by atoms with Gasteiger partial charge in [0.2, 0.25) is 5.91 Å². The number of carbonyl (C=O) groups is 1. The number of carbonyl (C=O) groups excluding carboxylic acids is 1. The molecule has 1 aliphatic rings. The highest BCUT2D eigenvalue weighted by Gasteiger charge is 2.24. The van der Waals surface area contributed by atoms with Crippen molar-refractivity contribution in [3.8, 4) is 0 Å². The molecule has 2 N–H and O–H groups in total. The summed E-state index contributed by atoms with van der Waals surface area (Å²) < 4.78 is 0. The van der Waals surface area contributed by atoms with Crippen molar-refractivity contribution in [2.24, 2.45) is 0 Å². The number of piperidine rings is 1. The smallest absolute Gasteiger partial charge is 0.234 e. The van der Waals surface area contributed by atoms with Crippen LogP contribution >= 0.6 is 11.6 Å². The van der Waals surface area contributed by atoms with Crippen LogP contribution in [0.25, 0.3) is 0 Å². The Bertz CT molecular complexity index is 476. The standard InChI is InChI=1S/C17H25ClN2O2/c1-13(14-5-7-15(18)8-6-14)19-17(22)12-20-10-3-2-4-16(20)9-11-21/h5-8,13,16,21H,2-4,9-12H2,1H3,(H,19,22). The second-order valence-electron chi connectivity index (χ2n) is 5.97. The number of aliphatic hydroxyl groups excluding tert-OH is 1. The molecule has 1 heterocycles. The lowest BCUT2D eigenvalue weighted by Crippen LogP contribution is -2.46. The van der Waals surface area contributed by atoms with Gasteiger partial charge in [0, 0.05) is 17.7 Å². The first-order valence-electron chi connectivity index (χ1n) is 8.00. The Morgan fingerprint density at radius 3 is 2.82 bits per heavy atom. The van der Waals surface area contributed by atoms with Crippen LogP contribution in [0.3, 0.4) is 0 Å². The third-order valence-corrected chi connectivity index (χ3v) is 4.56. The Morgan fingerprint density at radius 2 is 2.14 bits per heavy atom. The topological polar surface area (TPSA) is 52.6 Å². The number of amides is 1. The third kappa shape index (κ3) is 4.97. The van der Waals surface area contributed by atoms with Crippen molar-refractivity contribution in [2.75, 3.05) is 19.7 Å². The van der Waals surface area contributed by atoms with Crippen LogP contribution < -0.4 is 5.32 Å². The summed E-state index contributed by atoms with van der Waals surface area (Å²) in [7, 11) is 0. The van der Waals surface area contributed by atoms with Gasteiger partial charge in [0.05, 0.1) is 12.6 Å². The maximum absolute atomic E-state index is 12.3. The second kappa shape index (κ2) is 8.51. The molecule has 22 heavy (non-hydrogen) atoms. The predicted molar refractivity (Wildman–Crippen MR) is 88.9 cm³/mol. The first kappa shape index (κ1) is 17.3. The normalized spacial score (nSPS) is 20.6. The molecule has 0 radical (unpaired) electrons. The van der Waals surface area contributed by atoms with E-state index in [0.29, 0.717) is 17.6 Å². The zero-order chi connectivity index (χ0) is 15.9. The van der Waals surface area contributed by atoms with Gasteiger partial charge < -0.3 is 10.4 Å². The van der Waals surface area contributed by atoms with Crippen molar-refractivity contribution in [3.05, 3.63) is 34.9 Å². The number of hydrogen-bond donors (Lipinski definition) is 2. The predicted octanol–water partition coefficient (Wildman–Crippen LogP) is 2.75. The fraction of sp³-hybridized carbons (Fsp3) is 0.588. The van der Waals surface area contributed by atoms with Crippen LogP contribution in [0.15, 0.2) is 24.3 Å². The molecule has 0 bridgehead atoms. The molecule has 1 fully saturated rings. The number of rotatable bonds is 6. The SMILES string of the molecule is CC(NC(=O)CN1CCCCC1CCO)c1ccc(Cl)cc1. The van der Waals surface area contributed by atoms with Crippen molar-refractivity contribution >= 4 is 17.5 Å². The largest absolute Gasteiger partial charge is 0.396 e. The van der Waals surface area contributed by atoms with E-state index in [4.69, 9.17) is 16.7 Å². The minimum Gasteiger partial charge on any atom is -0.396 e. The van der Waals surface area contributed by atoms with Gasteiger partial charge in [-0.1, -0.05) is 30.2 Å². The zero-order valence-electron chi connectivity index (χ0n) is 13.1. The summed E-state index contributed by atoms with van der Waals surface area (Å²) in [6.45, 7) is 3.50. The lowest BCUT2D eigenvalue weighted by Gasteiger charge is -2.35. The molecule has 5 heteroatoms. The van der Waals surface area contributed by atoms with Crippen molar-refractivity contribution in [1.82, 2.24) is 10.2 Å². The molecular formula is C17H25ClN2O2. The first-order valence-corrected chi connectivity index (χ1v) is 8.37. The van der Waals surface area contributed by atoms with E-state index in [2.05, 4.69) is 10.2 Å². The van der Waals surface area contributed by atoms with E-state index in [9.17, 15) is 4.79 Å². The van der Waals surface area contributed by atoms with Crippen LogP contribution in [-0.4, -0.2) is 41.7 Å². The Morgan fingerprint density at radius 1 is 1.41 bits per heavy atom. The molecule has 4 nitrogen and oxygen atoms in total. The molecule has 1 aromatic rings. The summed E-state index contributed by atoms with van der Waals surface area (Å²) in [5.74, 6) is 0.0345. The van der Waals surface area contributed by atoms with Crippen LogP contribution in [0.4, 0.5) is 0 Å². The highest BCUT2D eigenvalue weighted by molar-refractivity contribution is 6.30. The average molecular weight is 325 g/mol. The monoisotopic (exact) mass is 324 g/mol. The van der Waals surface area contributed by atoms with Gasteiger partial charge in [0.1, 0.15) is 0 Å². The number of halogens is 1. The molecule has 0 aliphatic carbocycles. The second-order valence-corrected chi connectivity index (χ2v) is 6.41. The van der Waals surface area contributed by atoms with Gasteiger partial charge in [-0.3, -0.25) is 9.69 Å². The Kier molecular flexibility index (Phi) is 6.68. The van der Waals surface area contributed by atoms with E-state index in [0.717, 1.165) is 31.4 Å². The maximum Gasteiger partial charge on any atom is 0.234 e. The summed E-state index contributed by atoms with van der Waals surface area (Å²) in [4.78, 5) is 14.5. The highest BCUT2D eigenvalue weighted by atomic mass is 35.5. The van der Waals surface area contributed by atoms with Crippen molar-refractivity contribution in [2.45, 2.75) is 44.7 Å². The van der Waals surface area contributed by atoms with Crippen molar-refractivity contribution < 1.29 is 9.90 Å².